The minimum atomic E-state index is -0.0173. The van der Waals surface area contributed by atoms with Gasteiger partial charge in [-0.15, -0.1) is 0 Å². The van der Waals surface area contributed by atoms with Crippen molar-refractivity contribution in [1.29, 1.82) is 0 Å². The molecule has 2 nitrogen and oxygen atoms in total. The molecule has 2 aromatic carbocycles. The zero-order valence-electron chi connectivity index (χ0n) is 12.6. The van der Waals surface area contributed by atoms with E-state index in [4.69, 9.17) is 9.47 Å². The van der Waals surface area contributed by atoms with Crippen LogP contribution in [0.15, 0.2) is 60.7 Å². The minimum Gasteiger partial charge on any atom is -0.491 e. The van der Waals surface area contributed by atoms with E-state index in [1.165, 1.54) is 0 Å². The van der Waals surface area contributed by atoms with E-state index in [9.17, 15) is 0 Å². The van der Waals surface area contributed by atoms with Gasteiger partial charge in [0.1, 0.15) is 11.5 Å². The minimum absolute atomic E-state index is 0.0173. The summed E-state index contributed by atoms with van der Waals surface area (Å²) in [5.74, 6) is 1.81. The third-order valence-electron chi connectivity index (χ3n) is 3.26. The molecule has 2 aromatic rings. The lowest BCUT2D eigenvalue weighted by molar-refractivity contribution is 0.189. The third kappa shape index (κ3) is 5.90. The van der Waals surface area contributed by atoms with E-state index in [0.717, 1.165) is 30.8 Å². The van der Waals surface area contributed by atoms with E-state index >= 15 is 0 Å². The molecule has 111 valence electrons. The van der Waals surface area contributed by atoms with Crippen LogP contribution in [0.2, 0.25) is 0 Å². The summed E-state index contributed by atoms with van der Waals surface area (Å²) in [4.78, 5) is 0. The van der Waals surface area contributed by atoms with Crippen molar-refractivity contribution in [3.63, 3.8) is 0 Å². The topological polar surface area (TPSA) is 18.5 Å². The van der Waals surface area contributed by atoms with Gasteiger partial charge in [-0.05, 0) is 57.4 Å². The summed E-state index contributed by atoms with van der Waals surface area (Å²) >= 11 is 0. The van der Waals surface area contributed by atoms with E-state index in [1.807, 2.05) is 60.7 Å². The number of benzene rings is 2. The van der Waals surface area contributed by atoms with Gasteiger partial charge in [-0.2, -0.15) is 0 Å². The summed E-state index contributed by atoms with van der Waals surface area (Å²) in [5, 5.41) is 0. The number of rotatable bonds is 8. The monoisotopic (exact) mass is 283 g/mol. The highest BCUT2D eigenvalue weighted by molar-refractivity contribution is 5.22. The molecule has 0 heterocycles. The van der Waals surface area contributed by atoms with E-state index in [0.29, 0.717) is 0 Å². The van der Waals surface area contributed by atoms with Gasteiger partial charge in [0.05, 0.1) is 12.2 Å². The van der Waals surface area contributed by atoms with Gasteiger partial charge in [0.15, 0.2) is 0 Å². The van der Waals surface area contributed by atoms with Crippen molar-refractivity contribution < 1.29 is 9.47 Å². The molecule has 0 bridgehead atoms. The summed E-state index contributed by atoms with van der Waals surface area (Å²) < 4.78 is 11.6. The van der Waals surface area contributed by atoms with Crippen molar-refractivity contribution in [2.75, 3.05) is 0 Å². The fourth-order valence-corrected chi connectivity index (χ4v) is 2.17. The second kappa shape index (κ2) is 8.35. The van der Waals surface area contributed by atoms with Crippen molar-refractivity contribution in [3.05, 3.63) is 67.6 Å². The third-order valence-corrected chi connectivity index (χ3v) is 3.26. The Kier molecular flexibility index (Phi) is 6.14. The second-order valence-electron chi connectivity index (χ2n) is 5.23. The van der Waals surface area contributed by atoms with Gasteiger partial charge >= 0.3 is 0 Å². The Labute approximate surface area is 127 Å². The van der Waals surface area contributed by atoms with Crippen LogP contribution in [0.25, 0.3) is 0 Å². The molecule has 0 aliphatic heterocycles. The normalized spacial score (nSPS) is 13.4. The molecule has 2 atom stereocenters. The van der Waals surface area contributed by atoms with Crippen molar-refractivity contribution in [1.82, 2.24) is 0 Å². The van der Waals surface area contributed by atoms with E-state index in [2.05, 4.69) is 13.8 Å². The van der Waals surface area contributed by atoms with Crippen LogP contribution in [0.1, 0.15) is 26.2 Å². The van der Waals surface area contributed by atoms with E-state index in [-0.39, 0.29) is 12.2 Å². The molecule has 0 aliphatic carbocycles. The van der Waals surface area contributed by atoms with Crippen LogP contribution in [0.5, 0.6) is 11.5 Å². The molecule has 2 heteroatoms. The van der Waals surface area contributed by atoms with Crippen LogP contribution >= 0.6 is 0 Å². The van der Waals surface area contributed by atoms with Crippen molar-refractivity contribution >= 4 is 0 Å². The fraction of sp³-hybridized carbons (Fsp3) is 0.316. The highest BCUT2D eigenvalue weighted by atomic mass is 16.5. The van der Waals surface area contributed by atoms with Crippen LogP contribution in [-0.2, 0) is 0 Å². The Balaban J connectivity index is 1.64. The first kappa shape index (κ1) is 15.4. The van der Waals surface area contributed by atoms with Gasteiger partial charge in [-0.1, -0.05) is 36.4 Å². The Hall–Kier alpha value is -1.96. The number of para-hydroxylation sites is 2. The highest BCUT2D eigenvalue weighted by Gasteiger charge is 2.07. The summed E-state index contributed by atoms with van der Waals surface area (Å²) in [6, 6.07) is 19.8. The maximum atomic E-state index is 5.85. The molecule has 21 heavy (non-hydrogen) atoms. The first-order chi connectivity index (χ1) is 10.2. The average molecular weight is 283 g/mol. The Morgan fingerprint density at radius 1 is 0.810 bits per heavy atom. The summed E-state index contributed by atoms with van der Waals surface area (Å²) in [6.45, 7) is 6.15. The molecule has 0 saturated heterocycles. The molecular formula is C19H23O2. The first-order valence-electron chi connectivity index (χ1n) is 7.50. The lowest BCUT2D eigenvalue weighted by atomic mass is 10.1. The van der Waals surface area contributed by atoms with Crippen molar-refractivity contribution in [2.24, 2.45) is 0 Å². The molecule has 2 unspecified atom stereocenters. The summed E-state index contributed by atoms with van der Waals surface area (Å²) in [6.07, 6.45) is 3.15. The van der Waals surface area contributed by atoms with Crippen molar-refractivity contribution in [3.8, 4) is 11.5 Å². The van der Waals surface area contributed by atoms with Crippen LogP contribution in [-0.4, -0.2) is 12.2 Å². The van der Waals surface area contributed by atoms with Gasteiger partial charge in [0, 0.05) is 0 Å². The van der Waals surface area contributed by atoms with Gasteiger partial charge in [-0.25, -0.2) is 0 Å². The molecule has 0 amide bonds. The standard InChI is InChI=1S/C19H23O2/c1-16(20-18-12-5-3-6-13-18)10-9-11-17(2)21-19-14-7-4-8-15-19/h3-8,12-17H,1,9-11H2,2H3. The zero-order valence-corrected chi connectivity index (χ0v) is 12.6. The lowest BCUT2D eigenvalue weighted by Crippen LogP contribution is -2.15. The molecule has 2 rings (SSSR count). The molecule has 0 N–H and O–H groups in total. The largest absolute Gasteiger partial charge is 0.491 e. The Morgan fingerprint density at radius 3 is 1.90 bits per heavy atom. The molecule has 0 aromatic heterocycles. The summed E-state index contributed by atoms with van der Waals surface area (Å²) in [7, 11) is 0. The maximum absolute atomic E-state index is 5.85. The van der Waals surface area contributed by atoms with E-state index in [1.54, 1.807) is 0 Å². The zero-order chi connectivity index (χ0) is 14.9. The molecule has 0 aliphatic rings. The Morgan fingerprint density at radius 2 is 1.33 bits per heavy atom. The van der Waals surface area contributed by atoms with Crippen LogP contribution in [0.3, 0.4) is 0 Å². The van der Waals surface area contributed by atoms with E-state index < -0.39 is 0 Å². The molecule has 0 fully saturated rings. The molecule has 1 radical (unpaired) electrons. The fourth-order valence-electron chi connectivity index (χ4n) is 2.17. The Bertz CT molecular complexity index is 448. The second-order valence-corrected chi connectivity index (χ2v) is 5.23. The van der Waals surface area contributed by atoms with Gasteiger partial charge in [-0.3, -0.25) is 0 Å². The lowest BCUT2D eigenvalue weighted by Gasteiger charge is -2.17. The number of ether oxygens (including phenoxy) is 2. The number of hydrogen-bond acceptors (Lipinski definition) is 2. The smallest absolute Gasteiger partial charge is 0.119 e. The highest BCUT2D eigenvalue weighted by Crippen LogP contribution is 2.16. The van der Waals surface area contributed by atoms with Crippen LogP contribution in [0, 0.1) is 6.92 Å². The van der Waals surface area contributed by atoms with Gasteiger partial charge < -0.3 is 9.47 Å². The number of hydrogen-bond donors (Lipinski definition) is 0. The quantitative estimate of drug-likeness (QED) is 0.685. The van der Waals surface area contributed by atoms with Crippen LogP contribution in [0.4, 0.5) is 0 Å². The molecule has 0 saturated carbocycles. The predicted molar refractivity (Wildman–Crippen MR) is 86.6 cm³/mol. The molecular weight excluding hydrogens is 260 g/mol. The van der Waals surface area contributed by atoms with Crippen LogP contribution < -0.4 is 9.47 Å². The SMILES string of the molecule is [CH2]C(CCCC(C)Oc1ccccc1)Oc1ccccc1. The van der Waals surface area contributed by atoms with Crippen molar-refractivity contribution in [2.45, 2.75) is 38.4 Å². The summed E-state index contributed by atoms with van der Waals surface area (Å²) in [5.41, 5.74) is 0. The van der Waals surface area contributed by atoms with Gasteiger partial charge in [0.2, 0.25) is 0 Å². The predicted octanol–water partition coefficient (Wildman–Crippen LogP) is 4.91. The first-order valence-corrected chi connectivity index (χ1v) is 7.50. The maximum Gasteiger partial charge on any atom is 0.119 e. The average Bonchev–Trinajstić information content (AvgIpc) is 2.49. The van der Waals surface area contributed by atoms with Gasteiger partial charge in [0.25, 0.3) is 0 Å². The molecule has 0 spiro atoms.